The summed E-state index contributed by atoms with van der Waals surface area (Å²) in [6.45, 7) is 1.75. The van der Waals surface area contributed by atoms with Crippen LogP contribution in [0.15, 0.2) is 53.6 Å². The predicted octanol–water partition coefficient (Wildman–Crippen LogP) is 4.24. The van der Waals surface area contributed by atoms with Gasteiger partial charge in [-0.3, -0.25) is 9.89 Å². The number of hydrogen-bond acceptors (Lipinski definition) is 4. The van der Waals surface area contributed by atoms with E-state index in [1.54, 1.807) is 55.5 Å². The van der Waals surface area contributed by atoms with Crippen molar-refractivity contribution in [2.45, 2.75) is 6.92 Å². The van der Waals surface area contributed by atoms with Gasteiger partial charge in [0.25, 0.3) is 5.91 Å². The fourth-order valence-corrected chi connectivity index (χ4v) is 2.74. The van der Waals surface area contributed by atoms with Crippen molar-refractivity contribution >= 4 is 34.8 Å². The molecule has 0 radical (unpaired) electrons. The third kappa shape index (κ3) is 4.04. The maximum atomic E-state index is 12.2. The van der Waals surface area contributed by atoms with E-state index in [1.807, 2.05) is 0 Å². The summed E-state index contributed by atoms with van der Waals surface area (Å²) in [5, 5.41) is 21.1. The standard InChI is InChI=1S/C18H14Cl2N4O2/c1-10(11-2-5-13(25)6-3-11)21-24-18(26)17-9-16(22-23-17)14-7-4-12(19)8-15(14)20/h2-9,25H,1H3,(H,22,23)(H,24,26). The second kappa shape index (κ2) is 7.59. The van der Waals surface area contributed by atoms with Gasteiger partial charge in [0.15, 0.2) is 0 Å². The Morgan fingerprint density at radius 3 is 2.58 bits per heavy atom. The summed E-state index contributed by atoms with van der Waals surface area (Å²) in [6.07, 6.45) is 0. The zero-order valence-corrected chi connectivity index (χ0v) is 15.1. The molecule has 3 N–H and O–H groups in total. The summed E-state index contributed by atoms with van der Waals surface area (Å²) in [5.74, 6) is -0.275. The molecule has 26 heavy (non-hydrogen) atoms. The highest BCUT2D eigenvalue weighted by atomic mass is 35.5. The maximum absolute atomic E-state index is 12.2. The number of phenolic OH excluding ortho intramolecular Hbond substituents is 1. The summed E-state index contributed by atoms with van der Waals surface area (Å²) in [7, 11) is 0. The van der Waals surface area contributed by atoms with Crippen LogP contribution in [0, 0.1) is 0 Å². The van der Waals surface area contributed by atoms with Crippen molar-refractivity contribution in [2.75, 3.05) is 0 Å². The Morgan fingerprint density at radius 2 is 1.88 bits per heavy atom. The summed E-state index contributed by atoms with van der Waals surface area (Å²) in [4.78, 5) is 12.2. The van der Waals surface area contributed by atoms with Crippen LogP contribution in [0.5, 0.6) is 5.75 Å². The van der Waals surface area contributed by atoms with Crippen LogP contribution >= 0.6 is 23.2 Å². The van der Waals surface area contributed by atoms with Crippen molar-refractivity contribution in [2.24, 2.45) is 5.10 Å². The molecule has 6 nitrogen and oxygen atoms in total. The Labute approximate surface area is 159 Å². The summed E-state index contributed by atoms with van der Waals surface area (Å²) >= 11 is 12.0. The molecular formula is C18H14Cl2N4O2. The first-order valence-electron chi connectivity index (χ1n) is 7.59. The van der Waals surface area contributed by atoms with Crippen LogP contribution in [0.1, 0.15) is 23.0 Å². The van der Waals surface area contributed by atoms with E-state index in [9.17, 15) is 9.90 Å². The van der Waals surface area contributed by atoms with Crippen LogP contribution in [0.3, 0.4) is 0 Å². The van der Waals surface area contributed by atoms with Crippen LogP contribution in [0.4, 0.5) is 0 Å². The van der Waals surface area contributed by atoms with Gasteiger partial charge < -0.3 is 5.11 Å². The maximum Gasteiger partial charge on any atom is 0.289 e. The van der Waals surface area contributed by atoms with Crippen molar-refractivity contribution in [1.82, 2.24) is 15.6 Å². The highest BCUT2D eigenvalue weighted by Gasteiger charge is 2.13. The quantitative estimate of drug-likeness (QED) is 0.460. The lowest BCUT2D eigenvalue weighted by atomic mass is 10.1. The normalized spacial score (nSPS) is 11.4. The fourth-order valence-electron chi connectivity index (χ4n) is 2.24. The number of aromatic amines is 1. The number of carbonyl (C=O) groups excluding carboxylic acids is 1. The van der Waals surface area contributed by atoms with Crippen molar-refractivity contribution in [3.8, 4) is 17.0 Å². The molecule has 0 atom stereocenters. The van der Waals surface area contributed by atoms with Crippen LogP contribution in [-0.4, -0.2) is 26.9 Å². The zero-order valence-electron chi connectivity index (χ0n) is 13.6. The number of benzene rings is 2. The molecule has 1 heterocycles. The van der Waals surface area contributed by atoms with E-state index in [0.717, 1.165) is 5.56 Å². The first kappa shape index (κ1) is 18.0. The van der Waals surface area contributed by atoms with E-state index in [1.165, 1.54) is 0 Å². The number of hydrogen-bond donors (Lipinski definition) is 3. The van der Waals surface area contributed by atoms with E-state index in [-0.39, 0.29) is 11.4 Å². The Morgan fingerprint density at radius 1 is 1.15 bits per heavy atom. The molecule has 3 aromatic rings. The minimum absolute atomic E-state index is 0.163. The molecular weight excluding hydrogens is 375 g/mol. The largest absolute Gasteiger partial charge is 0.508 e. The molecule has 1 aromatic heterocycles. The van der Waals surface area contributed by atoms with Gasteiger partial charge in [0.2, 0.25) is 0 Å². The summed E-state index contributed by atoms with van der Waals surface area (Å²) in [5.41, 5.74) is 5.27. The molecule has 1 amide bonds. The Kier molecular flexibility index (Phi) is 5.25. The van der Waals surface area contributed by atoms with E-state index < -0.39 is 5.91 Å². The Hall–Kier alpha value is -2.83. The van der Waals surface area contributed by atoms with E-state index in [4.69, 9.17) is 23.2 Å². The molecule has 0 fully saturated rings. The average molecular weight is 389 g/mol. The number of rotatable bonds is 4. The van der Waals surface area contributed by atoms with Crippen molar-refractivity contribution < 1.29 is 9.90 Å². The van der Waals surface area contributed by atoms with Gasteiger partial charge in [-0.1, -0.05) is 23.2 Å². The molecule has 0 saturated heterocycles. The van der Waals surface area contributed by atoms with E-state index in [2.05, 4.69) is 20.7 Å². The lowest BCUT2D eigenvalue weighted by Gasteiger charge is -2.02. The van der Waals surface area contributed by atoms with Gasteiger partial charge in [0, 0.05) is 10.6 Å². The molecule has 0 saturated carbocycles. The summed E-state index contributed by atoms with van der Waals surface area (Å²) < 4.78 is 0. The molecule has 8 heteroatoms. The average Bonchev–Trinajstić information content (AvgIpc) is 3.10. The van der Waals surface area contributed by atoms with E-state index in [0.29, 0.717) is 27.0 Å². The first-order chi connectivity index (χ1) is 12.4. The molecule has 2 aromatic carbocycles. The van der Waals surface area contributed by atoms with Crippen LogP contribution < -0.4 is 5.43 Å². The second-order valence-corrected chi connectivity index (χ2v) is 6.32. The minimum Gasteiger partial charge on any atom is -0.508 e. The Balaban J connectivity index is 1.74. The number of nitrogens with one attached hydrogen (secondary N) is 2. The van der Waals surface area contributed by atoms with Gasteiger partial charge in [-0.25, -0.2) is 5.43 Å². The number of halogens is 2. The molecule has 0 aliphatic carbocycles. The second-order valence-electron chi connectivity index (χ2n) is 5.48. The molecule has 0 bridgehead atoms. The number of nitrogens with zero attached hydrogens (tertiary/aromatic N) is 2. The monoisotopic (exact) mass is 388 g/mol. The van der Waals surface area contributed by atoms with Crippen molar-refractivity contribution in [1.29, 1.82) is 0 Å². The predicted molar refractivity (Wildman–Crippen MR) is 102 cm³/mol. The molecule has 0 unspecified atom stereocenters. The number of amides is 1. The molecule has 132 valence electrons. The van der Waals surface area contributed by atoms with Gasteiger partial charge in [-0.05, 0) is 61.0 Å². The molecule has 0 aliphatic rings. The number of hydrazone groups is 1. The smallest absolute Gasteiger partial charge is 0.289 e. The number of phenols is 1. The highest BCUT2D eigenvalue weighted by molar-refractivity contribution is 6.36. The number of H-pyrrole nitrogens is 1. The Bertz CT molecular complexity index is 981. The third-order valence-corrected chi connectivity index (χ3v) is 4.19. The SMILES string of the molecule is CC(=NNC(=O)c1cc(-c2ccc(Cl)cc2Cl)n[nH]1)c1ccc(O)cc1. The topological polar surface area (TPSA) is 90.4 Å². The molecule has 0 spiro atoms. The number of carbonyl (C=O) groups is 1. The molecule has 0 aliphatic heterocycles. The summed E-state index contributed by atoms with van der Waals surface area (Å²) in [6, 6.07) is 13.1. The van der Waals surface area contributed by atoms with Gasteiger partial charge in [-0.15, -0.1) is 0 Å². The zero-order chi connectivity index (χ0) is 18.7. The van der Waals surface area contributed by atoms with Crippen LogP contribution in [0.25, 0.3) is 11.3 Å². The highest BCUT2D eigenvalue weighted by Crippen LogP contribution is 2.29. The van der Waals surface area contributed by atoms with Crippen molar-refractivity contribution in [3.63, 3.8) is 0 Å². The van der Waals surface area contributed by atoms with Crippen LogP contribution in [-0.2, 0) is 0 Å². The number of aromatic hydroxyl groups is 1. The van der Waals surface area contributed by atoms with Gasteiger partial charge >= 0.3 is 0 Å². The first-order valence-corrected chi connectivity index (χ1v) is 8.34. The lowest BCUT2D eigenvalue weighted by molar-refractivity contribution is 0.0950. The molecule has 3 rings (SSSR count). The number of aromatic nitrogens is 2. The third-order valence-electron chi connectivity index (χ3n) is 3.64. The van der Waals surface area contributed by atoms with Gasteiger partial charge in [0.05, 0.1) is 16.4 Å². The fraction of sp³-hybridized carbons (Fsp3) is 0.0556. The van der Waals surface area contributed by atoms with Gasteiger partial charge in [0.1, 0.15) is 11.4 Å². The van der Waals surface area contributed by atoms with Crippen molar-refractivity contribution in [3.05, 3.63) is 69.8 Å². The minimum atomic E-state index is -0.438. The van der Waals surface area contributed by atoms with Crippen LogP contribution in [0.2, 0.25) is 10.0 Å². The van der Waals surface area contributed by atoms with E-state index >= 15 is 0 Å². The lowest BCUT2D eigenvalue weighted by Crippen LogP contribution is -2.19. The van der Waals surface area contributed by atoms with Gasteiger partial charge in [-0.2, -0.15) is 10.2 Å².